The first-order chi connectivity index (χ1) is 10.7. The van der Waals surface area contributed by atoms with Gasteiger partial charge in [0.15, 0.2) is 0 Å². The largest absolute Gasteiger partial charge is 0.388 e. The molecule has 1 aliphatic carbocycles. The number of carbonyl (C=O) groups excluding carboxylic acids is 1. The van der Waals surface area contributed by atoms with Crippen LogP contribution in [0.2, 0.25) is 0 Å². The minimum Gasteiger partial charge on any atom is -0.388 e. The summed E-state index contributed by atoms with van der Waals surface area (Å²) < 4.78 is 5.48. The lowest BCUT2D eigenvalue weighted by molar-refractivity contribution is -0.138. The van der Waals surface area contributed by atoms with E-state index in [-0.39, 0.29) is 18.4 Å². The van der Waals surface area contributed by atoms with Crippen molar-refractivity contribution in [1.29, 1.82) is 0 Å². The fourth-order valence-electron chi connectivity index (χ4n) is 3.08. The Morgan fingerprint density at radius 3 is 2.50 bits per heavy atom. The Balaban J connectivity index is 1.42. The SMILES string of the molecule is O=C(COCC1CC1)N1CCC(C(O)c2ccccc2)CC1. The second-order valence-corrected chi connectivity index (χ2v) is 6.53. The van der Waals surface area contributed by atoms with E-state index in [4.69, 9.17) is 4.74 Å². The van der Waals surface area contributed by atoms with E-state index in [0.29, 0.717) is 5.92 Å². The summed E-state index contributed by atoms with van der Waals surface area (Å²) >= 11 is 0. The zero-order chi connectivity index (χ0) is 15.4. The lowest BCUT2D eigenvalue weighted by atomic mass is 9.87. The smallest absolute Gasteiger partial charge is 0.248 e. The van der Waals surface area contributed by atoms with Gasteiger partial charge < -0.3 is 14.7 Å². The number of amides is 1. The number of rotatable bonds is 6. The van der Waals surface area contributed by atoms with Crippen molar-refractivity contribution in [3.63, 3.8) is 0 Å². The lowest BCUT2D eigenvalue weighted by Crippen LogP contribution is -2.41. The molecule has 4 heteroatoms. The first-order valence-corrected chi connectivity index (χ1v) is 8.32. The van der Waals surface area contributed by atoms with E-state index in [0.717, 1.165) is 38.1 Å². The van der Waals surface area contributed by atoms with Crippen molar-refractivity contribution in [2.75, 3.05) is 26.3 Å². The number of nitrogens with zero attached hydrogens (tertiary/aromatic N) is 1. The number of aliphatic hydroxyl groups is 1. The summed E-state index contributed by atoms with van der Waals surface area (Å²) in [6, 6.07) is 9.80. The number of likely N-dealkylation sites (tertiary alicyclic amines) is 1. The van der Waals surface area contributed by atoms with Crippen LogP contribution in [0.25, 0.3) is 0 Å². The number of ether oxygens (including phenoxy) is 1. The molecule has 0 aromatic heterocycles. The molecule has 1 heterocycles. The van der Waals surface area contributed by atoms with Gasteiger partial charge >= 0.3 is 0 Å². The molecule has 22 heavy (non-hydrogen) atoms. The number of carbonyl (C=O) groups is 1. The highest BCUT2D eigenvalue weighted by molar-refractivity contribution is 5.77. The third-order valence-corrected chi connectivity index (χ3v) is 4.76. The molecule has 0 spiro atoms. The average molecular weight is 303 g/mol. The standard InChI is InChI=1S/C18H25NO3/c20-17(13-22-12-14-6-7-14)19-10-8-16(9-11-19)18(21)15-4-2-1-3-5-15/h1-5,14,16,18,21H,6-13H2. The highest BCUT2D eigenvalue weighted by Crippen LogP contribution is 2.31. The van der Waals surface area contributed by atoms with Gasteiger partial charge in [0.05, 0.1) is 12.7 Å². The predicted molar refractivity (Wildman–Crippen MR) is 84.2 cm³/mol. The maximum Gasteiger partial charge on any atom is 0.248 e. The summed E-state index contributed by atoms with van der Waals surface area (Å²) in [6.45, 7) is 2.39. The summed E-state index contributed by atoms with van der Waals surface area (Å²) in [5.41, 5.74) is 0.972. The molecule has 1 aromatic rings. The van der Waals surface area contributed by atoms with Crippen LogP contribution in [0.15, 0.2) is 30.3 Å². The van der Waals surface area contributed by atoms with E-state index in [1.807, 2.05) is 35.2 Å². The maximum atomic E-state index is 12.1. The summed E-state index contributed by atoms with van der Waals surface area (Å²) in [6.07, 6.45) is 3.77. The van der Waals surface area contributed by atoms with Crippen LogP contribution in [0.1, 0.15) is 37.4 Å². The molecular formula is C18H25NO3. The van der Waals surface area contributed by atoms with Crippen molar-refractivity contribution in [3.05, 3.63) is 35.9 Å². The number of piperidine rings is 1. The minimum atomic E-state index is -0.426. The van der Waals surface area contributed by atoms with Gasteiger partial charge in [0.2, 0.25) is 5.91 Å². The zero-order valence-corrected chi connectivity index (χ0v) is 13.0. The predicted octanol–water partition coefficient (Wildman–Crippen LogP) is 2.39. The van der Waals surface area contributed by atoms with Gasteiger partial charge in [-0.1, -0.05) is 30.3 Å². The lowest BCUT2D eigenvalue weighted by Gasteiger charge is -2.34. The Morgan fingerprint density at radius 2 is 1.86 bits per heavy atom. The van der Waals surface area contributed by atoms with E-state index in [1.165, 1.54) is 12.8 Å². The second kappa shape index (κ2) is 7.25. The first-order valence-electron chi connectivity index (χ1n) is 8.32. The summed E-state index contributed by atoms with van der Waals surface area (Å²) in [4.78, 5) is 14.0. The van der Waals surface area contributed by atoms with Crippen LogP contribution in [-0.4, -0.2) is 42.2 Å². The van der Waals surface area contributed by atoms with Crippen LogP contribution in [-0.2, 0) is 9.53 Å². The number of hydrogen-bond acceptors (Lipinski definition) is 3. The first kappa shape index (κ1) is 15.5. The van der Waals surface area contributed by atoms with Crippen molar-refractivity contribution in [2.24, 2.45) is 11.8 Å². The fraction of sp³-hybridized carbons (Fsp3) is 0.611. The van der Waals surface area contributed by atoms with Crippen molar-refractivity contribution in [2.45, 2.75) is 31.8 Å². The molecule has 1 unspecified atom stereocenters. The van der Waals surface area contributed by atoms with E-state index in [2.05, 4.69) is 0 Å². The normalized spacial score (nSPS) is 20.9. The molecule has 3 rings (SSSR count). The van der Waals surface area contributed by atoms with Gasteiger partial charge in [0.25, 0.3) is 0 Å². The molecular weight excluding hydrogens is 278 g/mol. The zero-order valence-electron chi connectivity index (χ0n) is 13.0. The maximum absolute atomic E-state index is 12.1. The molecule has 120 valence electrons. The molecule has 1 saturated carbocycles. The molecule has 2 aliphatic rings. The van der Waals surface area contributed by atoms with Crippen molar-refractivity contribution < 1.29 is 14.6 Å². The van der Waals surface area contributed by atoms with Crippen LogP contribution in [0.3, 0.4) is 0 Å². The number of hydrogen-bond donors (Lipinski definition) is 1. The van der Waals surface area contributed by atoms with Crippen LogP contribution in [0.5, 0.6) is 0 Å². The van der Waals surface area contributed by atoms with Gasteiger partial charge in [0.1, 0.15) is 6.61 Å². The molecule has 1 saturated heterocycles. The summed E-state index contributed by atoms with van der Waals surface area (Å²) in [7, 11) is 0. The van der Waals surface area contributed by atoms with Gasteiger partial charge in [0, 0.05) is 13.1 Å². The van der Waals surface area contributed by atoms with Crippen molar-refractivity contribution in [1.82, 2.24) is 4.90 Å². The average Bonchev–Trinajstić information content (AvgIpc) is 3.39. The Kier molecular flexibility index (Phi) is 5.11. The second-order valence-electron chi connectivity index (χ2n) is 6.53. The Bertz CT molecular complexity index is 478. The topological polar surface area (TPSA) is 49.8 Å². The third kappa shape index (κ3) is 4.08. The molecule has 1 aromatic carbocycles. The van der Waals surface area contributed by atoms with Crippen LogP contribution in [0, 0.1) is 11.8 Å². The van der Waals surface area contributed by atoms with Crippen LogP contribution < -0.4 is 0 Å². The van der Waals surface area contributed by atoms with Gasteiger partial charge in [-0.2, -0.15) is 0 Å². The van der Waals surface area contributed by atoms with E-state index < -0.39 is 6.10 Å². The quantitative estimate of drug-likeness (QED) is 0.878. The van der Waals surface area contributed by atoms with Gasteiger partial charge in [-0.05, 0) is 43.1 Å². The molecule has 1 N–H and O–H groups in total. The Morgan fingerprint density at radius 1 is 1.18 bits per heavy atom. The van der Waals surface area contributed by atoms with Gasteiger partial charge in [-0.15, -0.1) is 0 Å². The van der Waals surface area contributed by atoms with Crippen LogP contribution >= 0.6 is 0 Å². The molecule has 1 amide bonds. The molecule has 1 atom stereocenters. The summed E-state index contributed by atoms with van der Waals surface area (Å²) in [5, 5.41) is 10.5. The van der Waals surface area contributed by atoms with Crippen molar-refractivity contribution >= 4 is 5.91 Å². The minimum absolute atomic E-state index is 0.0910. The van der Waals surface area contributed by atoms with Crippen LogP contribution in [0.4, 0.5) is 0 Å². The molecule has 4 nitrogen and oxygen atoms in total. The van der Waals surface area contributed by atoms with Gasteiger partial charge in [-0.25, -0.2) is 0 Å². The Hall–Kier alpha value is -1.39. The Labute approximate surface area is 132 Å². The van der Waals surface area contributed by atoms with Crippen molar-refractivity contribution in [3.8, 4) is 0 Å². The number of aliphatic hydroxyl groups excluding tert-OH is 1. The highest BCUT2D eigenvalue weighted by atomic mass is 16.5. The summed E-state index contributed by atoms with van der Waals surface area (Å²) in [5.74, 6) is 1.02. The van der Waals surface area contributed by atoms with Gasteiger partial charge in [-0.3, -0.25) is 4.79 Å². The molecule has 0 radical (unpaired) electrons. The van der Waals surface area contributed by atoms with E-state index in [1.54, 1.807) is 0 Å². The van der Waals surface area contributed by atoms with E-state index in [9.17, 15) is 9.90 Å². The number of benzene rings is 1. The molecule has 0 bridgehead atoms. The molecule has 2 fully saturated rings. The highest BCUT2D eigenvalue weighted by Gasteiger charge is 2.28. The van der Waals surface area contributed by atoms with E-state index >= 15 is 0 Å². The fourth-order valence-corrected chi connectivity index (χ4v) is 3.08. The third-order valence-electron chi connectivity index (χ3n) is 4.76. The monoisotopic (exact) mass is 303 g/mol. The molecule has 1 aliphatic heterocycles.